The first-order chi connectivity index (χ1) is 9.95. The number of hydrogen-bond donors (Lipinski definition) is 2. The van der Waals surface area contributed by atoms with Crippen LogP contribution in [0, 0.1) is 11.6 Å². The van der Waals surface area contributed by atoms with Gasteiger partial charge in [0.2, 0.25) is 0 Å². The molecule has 0 atom stereocenters. The van der Waals surface area contributed by atoms with Crippen LogP contribution in [0.1, 0.15) is 0 Å². The Morgan fingerprint density at radius 1 is 1.29 bits per heavy atom. The van der Waals surface area contributed by atoms with E-state index >= 15 is 0 Å². The molecule has 2 rings (SSSR count). The fourth-order valence-corrected chi connectivity index (χ4v) is 1.83. The van der Waals surface area contributed by atoms with Crippen molar-refractivity contribution in [3.63, 3.8) is 0 Å². The standard InChI is InChI=1S/C14H11ClF2N2O2/c15-11-4-8(16)5-12(17)14(11)19-13(20)7-21-10-3-1-2-9(18)6-10/h1-6H,7,18H2,(H,19,20). The van der Waals surface area contributed by atoms with Gasteiger partial charge >= 0.3 is 0 Å². The van der Waals surface area contributed by atoms with Crippen LogP contribution in [-0.2, 0) is 4.79 Å². The summed E-state index contributed by atoms with van der Waals surface area (Å²) in [5.74, 6) is -2.02. The molecule has 0 bridgehead atoms. The van der Waals surface area contributed by atoms with Crippen molar-refractivity contribution in [3.8, 4) is 5.75 Å². The van der Waals surface area contributed by atoms with Crippen molar-refractivity contribution in [2.24, 2.45) is 0 Å². The number of carbonyl (C=O) groups is 1. The van der Waals surface area contributed by atoms with Gasteiger partial charge in [0.25, 0.3) is 5.91 Å². The van der Waals surface area contributed by atoms with E-state index in [1.165, 1.54) is 0 Å². The smallest absolute Gasteiger partial charge is 0.262 e. The van der Waals surface area contributed by atoms with Crippen LogP contribution in [0.15, 0.2) is 36.4 Å². The molecule has 2 aromatic carbocycles. The second kappa shape index (κ2) is 6.41. The van der Waals surface area contributed by atoms with Crippen LogP contribution < -0.4 is 15.8 Å². The number of nitrogens with two attached hydrogens (primary N) is 1. The van der Waals surface area contributed by atoms with Crippen LogP contribution in [0.3, 0.4) is 0 Å². The van der Waals surface area contributed by atoms with E-state index in [4.69, 9.17) is 22.1 Å². The molecule has 0 aromatic heterocycles. The summed E-state index contributed by atoms with van der Waals surface area (Å²) in [4.78, 5) is 11.7. The van der Waals surface area contributed by atoms with Crippen LogP contribution in [0.2, 0.25) is 5.02 Å². The molecule has 0 aliphatic carbocycles. The van der Waals surface area contributed by atoms with Gasteiger partial charge in [-0.05, 0) is 18.2 Å². The zero-order valence-electron chi connectivity index (χ0n) is 10.7. The van der Waals surface area contributed by atoms with Gasteiger partial charge in [0.1, 0.15) is 11.6 Å². The highest BCUT2D eigenvalue weighted by atomic mass is 35.5. The second-order valence-corrected chi connectivity index (χ2v) is 4.56. The Labute approximate surface area is 124 Å². The van der Waals surface area contributed by atoms with Gasteiger partial charge in [-0.1, -0.05) is 17.7 Å². The number of halogens is 3. The van der Waals surface area contributed by atoms with E-state index in [9.17, 15) is 13.6 Å². The van der Waals surface area contributed by atoms with Crippen molar-refractivity contribution in [1.82, 2.24) is 0 Å². The number of benzene rings is 2. The average Bonchev–Trinajstić information content (AvgIpc) is 2.40. The van der Waals surface area contributed by atoms with E-state index < -0.39 is 17.5 Å². The third-order valence-electron chi connectivity index (χ3n) is 2.50. The topological polar surface area (TPSA) is 64.3 Å². The summed E-state index contributed by atoms with van der Waals surface area (Å²) < 4.78 is 31.6. The normalized spacial score (nSPS) is 10.2. The molecule has 0 saturated heterocycles. The van der Waals surface area contributed by atoms with Gasteiger partial charge in [0, 0.05) is 17.8 Å². The highest BCUT2D eigenvalue weighted by Crippen LogP contribution is 2.26. The molecule has 110 valence electrons. The molecule has 0 aliphatic rings. The Morgan fingerprint density at radius 3 is 2.71 bits per heavy atom. The monoisotopic (exact) mass is 312 g/mol. The van der Waals surface area contributed by atoms with Gasteiger partial charge in [-0.2, -0.15) is 0 Å². The van der Waals surface area contributed by atoms with Crippen LogP contribution in [0.4, 0.5) is 20.2 Å². The minimum Gasteiger partial charge on any atom is -0.484 e. The lowest BCUT2D eigenvalue weighted by Crippen LogP contribution is -2.21. The van der Waals surface area contributed by atoms with Crippen molar-refractivity contribution < 1.29 is 18.3 Å². The van der Waals surface area contributed by atoms with Crippen molar-refractivity contribution in [2.75, 3.05) is 17.7 Å². The van der Waals surface area contributed by atoms with Crippen LogP contribution >= 0.6 is 11.6 Å². The molecule has 0 radical (unpaired) electrons. The molecule has 1 amide bonds. The summed E-state index contributed by atoms with van der Waals surface area (Å²) in [6, 6.07) is 8.02. The molecule has 3 N–H and O–H groups in total. The first kappa shape index (κ1) is 15.1. The molecule has 0 saturated carbocycles. The maximum absolute atomic E-state index is 13.5. The summed E-state index contributed by atoms with van der Waals surface area (Å²) >= 11 is 5.66. The first-order valence-electron chi connectivity index (χ1n) is 5.88. The zero-order chi connectivity index (χ0) is 15.4. The number of ether oxygens (including phenoxy) is 1. The fourth-order valence-electron chi connectivity index (χ4n) is 1.59. The molecular formula is C14H11ClF2N2O2. The van der Waals surface area contributed by atoms with Gasteiger partial charge in [0.15, 0.2) is 12.4 Å². The van der Waals surface area contributed by atoms with E-state index in [0.29, 0.717) is 17.5 Å². The van der Waals surface area contributed by atoms with E-state index in [1.54, 1.807) is 24.3 Å². The number of carbonyl (C=O) groups excluding carboxylic acids is 1. The fraction of sp³-hybridized carbons (Fsp3) is 0.0714. The Balaban J connectivity index is 1.99. The largest absolute Gasteiger partial charge is 0.484 e. The van der Waals surface area contributed by atoms with Crippen LogP contribution in [0.25, 0.3) is 0 Å². The number of nitrogen functional groups attached to an aromatic ring is 1. The molecular weight excluding hydrogens is 302 g/mol. The van der Waals surface area contributed by atoms with Gasteiger partial charge in [-0.15, -0.1) is 0 Å². The molecule has 2 aromatic rings. The average molecular weight is 313 g/mol. The molecule has 21 heavy (non-hydrogen) atoms. The van der Waals surface area contributed by atoms with Gasteiger partial charge in [-0.3, -0.25) is 4.79 Å². The molecule has 4 nitrogen and oxygen atoms in total. The second-order valence-electron chi connectivity index (χ2n) is 4.15. The Kier molecular flexibility index (Phi) is 4.59. The third kappa shape index (κ3) is 4.06. The maximum Gasteiger partial charge on any atom is 0.262 e. The number of rotatable bonds is 4. The lowest BCUT2D eigenvalue weighted by molar-refractivity contribution is -0.118. The zero-order valence-corrected chi connectivity index (χ0v) is 11.5. The van der Waals surface area contributed by atoms with E-state index in [1.807, 2.05) is 0 Å². The van der Waals surface area contributed by atoms with Crippen molar-refractivity contribution >= 4 is 28.9 Å². The number of hydrogen-bond acceptors (Lipinski definition) is 3. The summed E-state index contributed by atoms with van der Waals surface area (Å²) in [6.45, 7) is -0.364. The highest BCUT2D eigenvalue weighted by molar-refractivity contribution is 6.33. The summed E-state index contributed by atoms with van der Waals surface area (Å²) in [6.07, 6.45) is 0. The van der Waals surface area contributed by atoms with Gasteiger partial charge in [-0.25, -0.2) is 8.78 Å². The lowest BCUT2D eigenvalue weighted by Gasteiger charge is -2.10. The third-order valence-corrected chi connectivity index (χ3v) is 2.80. The molecule has 0 spiro atoms. The van der Waals surface area contributed by atoms with Crippen LogP contribution in [-0.4, -0.2) is 12.5 Å². The Hall–Kier alpha value is -2.34. The predicted molar refractivity (Wildman–Crippen MR) is 76.3 cm³/mol. The highest BCUT2D eigenvalue weighted by Gasteiger charge is 2.13. The summed E-state index contributed by atoms with van der Waals surface area (Å²) in [5, 5.41) is 1.99. The SMILES string of the molecule is Nc1cccc(OCC(=O)Nc2c(F)cc(F)cc2Cl)c1. The molecule has 0 aliphatic heterocycles. The molecule has 0 heterocycles. The van der Waals surface area contributed by atoms with Gasteiger partial charge in [0.05, 0.1) is 10.7 Å². The number of amides is 1. The number of anilines is 2. The summed E-state index contributed by atoms with van der Waals surface area (Å²) in [5.41, 5.74) is 5.75. The van der Waals surface area contributed by atoms with E-state index in [0.717, 1.165) is 6.07 Å². The van der Waals surface area contributed by atoms with Crippen molar-refractivity contribution in [3.05, 3.63) is 53.1 Å². The first-order valence-corrected chi connectivity index (χ1v) is 6.26. The minimum absolute atomic E-state index is 0.232. The minimum atomic E-state index is -0.961. The van der Waals surface area contributed by atoms with Crippen molar-refractivity contribution in [2.45, 2.75) is 0 Å². The number of nitrogens with one attached hydrogen (secondary N) is 1. The summed E-state index contributed by atoms with van der Waals surface area (Å²) in [7, 11) is 0. The van der Waals surface area contributed by atoms with Crippen molar-refractivity contribution in [1.29, 1.82) is 0 Å². The lowest BCUT2D eigenvalue weighted by atomic mass is 10.3. The Morgan fingerprint density at radius 2 is 2.05 bits per heavy atom. The molecule has 7 heteroatoms. The quantitative estimate of drug-likeness (QED) is 0.852. The van der Waals surface area contributed by atoms with E-state index in [2.05, 4.69) is 5.32 Å². The van der Waals surface area contributed by atoms with E-state index in [-0.39, 0.29) is 17.3 Å². The predicted octanol–water partition coefficient (Wildman–Crippen LogP) is 3.22. The maximum atomic E-state index is 13.5. The van der Waals surface area contributed by atoms with Crippen LogP contribution in [0.5, 0.6) is 5.75 Å². The Bertz CT molecular complexity index is 657. The van der Waals surface area contributed by atoms with Gasteiger partial charge < -0.3 is 15.8 Å². The molecule has 0 fully saturated rings. The molecule has 0 unspecified atom stereocenters.